The Morgan fingerprint density at radius 3 is 2.68 bits per heavy atom. The summed E-state index contributed by atoms with van der Waals surface area (Å²) in [4.78, 5) is 0. The van der Waals surface area contributed by atoms with Gasteiger partial charge in [0.15, 0.2) is 0 Å². The quantitative estimate of drug-likeness (QED) is 0.557. The second kappa shape index (κ2) is 7.13. The summed E-state index contributed by atoms with van der Waals surface area (Å²) in [7, 11) is 0. The normalized spacial score (nSPS) is 18.8. The van der Waals surface area contributed by atoms with Crippen LogP contribution < -0.4 is 0 Å². The van der Waals surface area contributed by atoms with Gasteiger partial charge in [0, 0.05) is 0 Å². The molecule has 2 bridgehead atoms. The van der Waals surface area contributed by atoms with Crippen molar-refractivity contribution in [2.24, 2.45) is 5.41 Å². The molecule has 0 heteroatoms. The van der Waals surface area contributed by atoms with E-state index in [4.69, 9.17) is 0 Å². The van der Waals surface area contributed by atoms with Gasteiger partial charge in [-0.3, -0.25) is 0 Å². The third kappa shape index (κ3) is 4.22. The first-order chi connectivity index (χ1) is 10.4. The Hall–Kier alpha value is -1.56. The highest BCUT2D eigenvalue weighted by molar-refractivity contribution is 5.68. The number of hydrogen-bond donors (Lipinski definition) is 0. The molecule has 0 nitrogen and oxygen atoms in total. The topological polar surface area (TPSA) is 0 Å². The molecule has 1 aliphatic rings. The van der Waals surface area contributed by atoms with Crippen molar-refractivity contribution < 1.29 is 0 Å². The fraction of sp³-hybridized carbons (Fsp3) is 0.455. The molecule has 0 atom stereocenters. The second-order valence-corrected chi connectivity index (χ2v) is 7.38. The lowest BCUT2D eigenvalue weighted by Crippen LogP contribution is -2.08. The fourth-order valence-electron chi connectivity index (χ4n) is 3.08. The summed E-state index contributed by atoms with van der Waals surface area (Å²) in [6.45, 7) is 11.2. The molecule has 0 spiro atoms. The van der Waals surface area contributed by atoms with Crippen LogP contribution in [-0.2, 0) is 12.8 Å². The summed E-state index contributed by atoms with van der Waals surface area (Å²) in [5.74, 6) is 0. The van der Waals surface area contributed by atoms with Crippen LogP contribution in [0.1, 0.15) is 64.2 Å². The van der Waals surface area contributed by atoms with E-state index in [2.05, 4.69) is 77.1 Å². The average Bonchev–Trinajstić information content (AvgIpc) is 2.45. The molecule has 2 rings (SSSR count). The van der Waals surface area contributed by atoms with E-state index < -0.39 is 0 Å². The minimum absolute atomic E-state index is 0.197. The molecule has 0 fully saturated rings. The molecule has 0 amide bonds. The molecule has 0 saturated heterocycles. The number of aryl methyl sites for hydroxylation is 1. The van der Waals surface area contributed by atoms with Crippen LogP contribution in [0.4, 0.5) is 0 Å². The predicted octanol–water partition coefficient (Wildman–Crippen LogP) is 6.52. The van der Waals surface area contributed by atoms with Crippen molar-refractivity contribution in [2.45, 2.75) is 60.3 Å². The van der Waals surface area contributed by atoms with E-state index >= 15 is 0 Å². The van der Waals surface area contributed by atoms with Crippen LogP contribution >= 0.6 is 0 Å². The molecule has 0 radical (unpaired) electrons. The van der Waals surface area contributed by atoms with Crippen molar-refractivity contribution >= 4 is 5.57 Å². The zero-order valence-corrected chi connectivity index (χ0v) is 14.9. The first kappa shape index (κ1) is 16.8. The first-order valence-electron chi connectivity index (χ1n) is 8.54. The lowest BCUT2D eigenvalue weighted by atomic mass is 9.84. The Bertz CT molecular complexity index is 603. The van der Waals surface area contributed by atoms with Crippen LogP contribution in [0.5, 0.6) is 0 Å². The molecule has 1 aromatic rings. The van der Waals surface area contributed by atoms with Gasteiger partial charge < -0.3 is 0 Å². The van der Waals surface area contributed by atoms with E-state index in [0.29, 0.717) is 0 Å². The molecule has 22 heavy (non-hydrogen) atoms. The molecule has 1 aliphatic carbocycles. The van der Waals surface area contributed by atoms with E-state index in [1.54, 1.807) is 0 Å². The van der Waals surface area contributed by atoms with Gasteiger partial charge in [-0.05, 0) is 72.8 Å². The van der Waals surface area contributed by atoms with Gasteiger partial charge in [-0.1, -0.05) is 63.3 Å². The summed E-state index contributed by atoms with van der Waals surface area (Å²) in [6, 6.07) is 7.05. The Morgan fingerprint density at radius 2 is 2.00 bits per heavy atom. The molecule has 0 N–H and O–H groups in total. The average molecular weight is 294 g/mol. The smallest absolute Gasteiger partial charge is 0.00854 e. The van der Waals surface area contributed by atoms with Crippen LogP contribution in [0.2, 0.25) is 0 Å². The monoisotopic (exact) mass is 294 g/mol. The molecular weight excluding hydrogens is 264 g/mol. The van der Waals surface area contributed by atoms with Gasteiger partial charge >= 0.3 is 0 Å². The van der Waals surface area contributed by atoms with E-state index in [-0.39, 0.29) is 5.41 Å². The van der Waals surface area contributed by atoms with E-state index in [0.717, 1.165) is 6.42 Å². The van der Waals surface area contributed by atoms with Crippen LogP contribution in [0.15, 0.2) is 48.1 Å². The van der Waals surface area contributed by atoms with Crippen LogP contribution in [0.25, 0.3) is 5.57 Å². The van der Waals surface area contributed by atoms with Gasteiger partial charge in [0.2, 0.25) is 0 Å². The first-order valence-corrected chi connectivity index (χ1v) is 8.54. The highest BCUT2D eigenvalue weighted by atomic mass is 14.2. The molecule has 0 aliphatic heterocycles. The standard InChI is InChI=1S/C22H30/c1-6-9-20(22(3,4)5)15-14-19-13-12-18-11-8-7-10-17(2)21(19)16-18/h6,9-10,12-13,15-16H,7-8,11,14H2,1-5H3/b9-6-,17-10+,20-15+. The third-order valence-electron chi connectivity index (χ3n) is 4.47. The van der Waals surface area contributed by atoms with E-state index in [9.17, 15) is 0 Å². The highest BCUT2D eigenvalue weighted by Gasteiger charge is 2.14. The number of allylic oxidation sites excluding steroid dienone is 6. The lowest BCUT2D eigenvalue weighted by molar-refractivity contribution is 0.515. The fourth-order valence-corrected chi connectivity index (χ4v) is 3.08. The summed E-state index contributed by atoms with van der Waals surface area (Å²) < 4.78 is 0. The Balaban J connectivity index is 2.34. The van der Waals surface area contributed by atoms with Crippen LogP contribution in [0, 0.1) is 5.41 Å². The van der Waals surface area contributed by atoms with Gasteiger partial charge in [0.05, 0.1) is 0 Å². The van der Waals surface area contributed by atoms with Gasteiger partial charge in [-0.15, -0.1) is 0 Å². The largest absolute Gasteiger partial charge is 0.0874 e. The Kier molecular flexibility index (Phi) is 5.45. The second-order valence-electron chi connectivity index (χ2n) is 7.38. The summed E-state index contributed by atoms with van der Waals surface area (Å²) in [5.41, 5.74) is 7.43. The minimum Gasteiger partial charge on any atom is -0.0874 e. The maximum Gasteiger partial charge on any atom is -0.00854 e. The summed E-state index contributed by atoms with van der Waals surface area (Å²) in [5, 5.41) is 0. The summed E-state index contributed by atoms with van der Waals surface area (Å²) >= 11 is 0. The highest BCUT2D eigenvalue weighted by Crippen LogP contribution is 2.29. The van der Waals surface area contributed by atoms with Crippen LogP contribution in [-0.4, -0.2) is 0 Å². The molecule has 1 aromatic carbocycles. The third-order valence-corrected chi connectivity index (χ3v) is 4.47. The van der Waals surface area contributed by atoms with Gasteiger partial charge in [-0.25, -0.2) is 0 Å². The maximum atomic E-state index is 2.40. The predicted molar refractivity (Wildman–Crippen MR) is 99.1 cm³/mol. The van der Waals surface area contributed by atoms with Gasteiger partial charge in [0.1, 0.15) is 0 Å². The maximum absolute atomic E-state index is 2.40. The van der Waals surface area contributed by atoms with Crippen molar-refractivity contribution in [1.82, 2.24) is 0 Å². The van der Waals surface area contributed by atoms with Crippen molar-refractivity contribution in [2.75, 3.05) is 0 Å². The van der Waals surface area contributed by atoms with Crippen molar-refractivity contribution in [3.05, 3.63) is 64.8 Å². The van der Waals surface area contributed by atoms with E-state index in [1.165, 1.54) is 47.1 Å². The van der Waals surface area contributed by atoms with Crippen LogP contribution in [0.3, 0.4) is 0 Å². The van der Waals surface area contributed by atoms with Gasteiger partial charge in [-0.2, -0.15) is 0 Å². The number of rotatable bonds is 3. The number of benzene rings is 1. The molecular formula is C22H30. The summed E-state index contributed by atoms with van der Waals surface area (Å²) in [6.07, 6.45) is 13.9. The zero-order valence-electron chi connectivity index (χ0n) is 14.9. The number of fused-ring (bicyclic) bond motifs is 2. The SMILES string of the molecule is C/C=C\C(=C/Cc1ccc2cc1/C(C)=C/CCC2)C(C)(C)C. The molecule has 118 valence electrons. The van der Waals surface area contributed by atoms with E-state index in [1.807, 2.05) is 0 Å². The molecule has 0 unspecified atom stereocenters. The zero-order chi connectivity index (χ0) is 16.2. The van der Waals surface area contributed by atoms with Crippen molar-refractivity contribution in [1.29, 1.82) is 0 Å². The molecule has 0 aromatic heterocycles. The lowest BCUT2D eigenvalue weighted by Gasteiger charge is -2.21. The Morgan fingerprint density at radius 1 is 1.23 bits per heavy atom. The van der Waals surface area contributed by atoms with Crippen molar-refractivity contribution in [3.63, 3.8) is 0 Å². The Labute approximate surface area is 136 Å². The molecule has 0 heterocycles. The van der Waals surface area contributed by atoms with Gasteiger partial charge in [0.25, 0.3) is 0 Å². The number of hydrogen-bond acceptors (Lipinski definition) is 0. The molecule has 0 saturated carbocycles. The van der Waals surface area contributed by atoms with Crippen molar-refractivity contribution in [3.8, 4) is 0 Å². The minimum atomic E-state index is 0.197.